The summed E-state index contributed by atoms with van der Waals surface area (Å²) >= 11 is 0. The largest absolute Gasteiger partial charge is 0.375 e. The molecule has 0 aliphatic carbocycles. The van der Waals surface area contributed by atoms with Crippen LogP contribution in [-0.2, 0) is 0 Å². The first kappa shape index (κ1) is 15.2. The zero-order chi connectivity index (χ0) is 11.1. The number of hydrogen-bond donors (Lipinski definition) is 2. The van der Waals surface area contributed by atoms with E-state index in [0.29, 0.717) is 0 Å². The van der Waals surface area contributed by atoms with Crippen molar-refractivity contribution >= 4 is 6.34 Å². The minimum atomic E-state index is 0.958. The molecule has 0 radical (unpaired) electrons. The highest BCUT2D eigenvalue weighted by Gasteiger charge is 1.82. The predicted octanol–water partition coefficient (Wildman–Crippen LogP) is 2.08. The lowest BCUT2D eigenvalue weighted by molar-refractivity contribution is 0.965. The predicted molar refractivity (Wildman–Crippen MR) is 62.6 cm³/mol. The fourth-order valence-electron chi connectivity index (χ4n) is 0.538. The Kier molecular flexibility index (Phi) is 19.2. The zero-order valence-corrected chi connectivity index (χ0v) is 9.62. The highest BCUT2D eigenvalue weighted by atomic mass is 15.0. The summed E-state index contributed by atoms with van der Waals surface area (Å²) in [5.74, 6) is 0. The van der Waals surface area contributed by atoms with Crippen molar-refractivity contribution in [3.63, 3.8) is 0 Å². The zero-order valence-electron chi connectivity index (χ0n) is 9.62. The second-order valence-electron chi connectivity index (χ2n) is 1.75. The quantitative estimate of drug-likeness (QED) is 0.670. The van der Waals surface area contributed by atoms with Crippen molar-refractivity contribution in [3.05, 3.63) is 18.7 Å². The SMILES string of the molecule is C1=NCCN1.CC.CC.c1c[nH]cn1. The van der Waals surface area contributed by atoms with Crippen LogP contribution in [-0.4, -0.2) is 29.4 Å². The van der Waals surface area contributed by atoms with Gasteiger partial charge in [0, 0.05) is 18.9 Å². The first-order chi connectivity index (χ1) is 7.00. The van der Waals surface area contributed by atoms with E-state index in [1.54, 1.807) is 25.1 Å². The van der Waals surface area contributed by atoms with Gasteiger partial charge in [-0.2, -0.15) is 0 Å². The smallest absolute Gasteiger partial charge is 0.0919 e. The van der Waals surface area contributed by atoms with Crippen LogP contribution in [0.15, 0.2) is 23.7 Å². The number of hydrogen-bond acceptors (Lipinski definition) is 3. The van der Waals surface area contributed by atoms with Gasteiger partial charge in [-0.05, 0) is 0 Å². The van der Waals surface area contributed by atoms with Gasteiger partial charge < -0.3 is 10.3 Å². The Morgan fingerprint density at radius 3 is 2.00 bits per heavy atom. The van der Waals surface area contributed by atoms with Crippen LogP contribution in [0.5, 0.6) is 0 Å². The van der Waals surface area contributed by atoms with Gasteiger partial charge in [-0.3, -0.25) is 4.99 Å². The van der Waals surface area contributed by atoms with Crippen molar-refractivity contribution in [1.29, 1.82) is 0 Å². The van der Waals surface area contributed by atoms with Gasteiger partial charge in [0.1, 0.15) is 0 Å². The molecule has 14 heavy (non-hydrogen) atoms. The van der Waals surface area contributed by atoms with Crippen LogP contribution in [0.1, 0.15) is 27.7 Å². The van der Waals surface area contributed by atoms with Crippen LogP contribution in [0.3, 0.4) is 0 Å². The molecule has 0 amide bonds. The average Bonchev–Trinajstić information content (AvgIpc) is 3.01. The molecule has 0 saturated carbocycles. The Balaban J connectivity index is 0. The molecule has 1 aromatic heterocycles. The third kappa shape index (κ3) is 13.3. The maximum Gasteiger partial charge on any atom is 0.0919 e. The minimum absolute atomic E-state index is 0.958. The summed E-state index contributed by atoms with van der Waals surface area (Å²) in [4.78, 5) is 10.3. The van der Waals surface area contributed by atoms with Crippen LogP contribution in [0, 0.1) is 0 Å². The number of nitrogens with zero attached hydrogens (tertiary/aromatic N) is 2. The van der Waals surface area contributed by atoms with Gasteiger partial charge in [0.15, 0.2) is 0 Å². The molecule has 4 nitrogen and oxygen atoms in total. The van der Waals surface area contributed by atoms with E-state index >= 15 is 0 Å². The molecule has 0 spiro atoms. The van der Waals surface area contributed by atoms with E-state index in [-0.39, 0.29) is 0 Å². The number of rotatable bonds is 0. The van der Waals surface area contributed by atoms with Gasteiger partial charge in [-0.1, -0.05) is 27.7 Å². The Morgan fingerprint density at radius 1 is 1.14 bits per heavy atom. The van der Waals surface area contributed by atoms with Crippen molar-refractivity contribution < 1.29 is 0 Å². The summed E-state index contributed by atoms with van der Waals surface area (Å²) in [6.07, 6.45) is 6.82. The lowest BCUT2D eigenvalue weighted by Crippen LogP contribution is -2.04. The molecule has 1 aliphatic heterocycles. The number of imidazole rings is 1. The van der Waals surface area contributed by atoms with E-state index in [1.165, 1.54) is 0 Å². The summed E-state index contributed by atoms with van der Waals surface area (Å²) < 4.78 is 0. The first-order valence-corrected chi connectivity index (χ1v) is 5.14. The van der Waals surface area contributed by atoms with E-state index in [9.17, 15) is 0 Å². The lowest BCUT2D eigenvalue weighted by atomic mass is 10.7. The summed E-state index contributed by atoms with van der Waals surface area (Å²) in [6.45, 7) is 9.99. The van der Waals surface area contributed by atoms with Crippen molar-refractivity contribution in [2.24, 2.45) is 4.99 Å². The van der Waals surface area contributed by atoms with E-state index in [1.807, 2.05) is 27.7 Å². The van der Waals surface area contributed by atoms with E-state index in [2.05, 4.69) is 20.3 Å². The minimum Gasteiger partial charge on any atom is -0.375 e. The Labute approximate surface area is 86.9 Å². The van der Waals surface area contributed by atoms with Crippen LogP contribution in [0.25, 0.3) is 0 Å². The standard InChI is InChI=1S/C3H6N2.C3H4N2.2C2H6/c2*1-2-5-3-4-1;2*1-2/h3H,1-2H2,(H,4,5);1-3H,(H,4,5);2*1-2H3. The van der Waals surface area contributed by atoms with Crippen LogP contribution >= 0.6 is 0 Å². The van der Waals surface area contributed by atoms with E-state index in [4.69, 9.17) is 0 Å². The van der Waals surface area contributed by atoms with Crippen molar-refractivity contribution in [2.75, 3.05) is 13.1 Å². The molecule has 0 bridgehead atoms. The van der Waals surface area contributed by atoms with Crippen LogP contribution < -0.4 is 5.32 Å². The molecule has 2 rings (SSSR count). The molecular formula is C10H22N4. The number of aromatic amines is 1. The molecule has 0 atom stereocenters. The summed E-state index contributed by atoms with van der Waals surface area (Å²) in [6, 6.07) is 0. The highest BCUT2D eigenvalue weighted by molar-refractivity contribution is 5.56. The fraction of sp³-hybridized carbons (Fsp3) is 0.600. The molecular weight excluding hydrogens is 176 g/mol. The molecule has 82 valence electrons. The third-order valence-electron chi connectivity index (χ3n) is 0.974. The highest BCUT2D eigenvalue weighted by Crippen LogP contribution is 1.68. The molecule has 2 heterocycles. The number of aromatic nitrogens is 2. The van der Waals surface area contributed by atoms with Gasteiger partial charge in [0.05, 0.1) is 19.2 Å². The molecule has 0 aromatic carbocycles. The molecule has 1 aromatic rings. The fourth-order valence-corrected chi connectivity index (χ4v) is 0.538. The van der Waals surface area contributed by atoms with Gasteiger partial charge in [-0.25, -0.2) is 4.98 Å². The van der Waals surface area contributed by atoms with Crippen molar-refractivity contribution in [3.8, 4) is 0 Å². The van der Waals surface area contributed by atoms with Gasteiger partial charge in [-0.15, -0.1) is 0 Å². The number of H-pyrrole nitrogens is 1. The van der Waals surface area contributed by atoms with Crippen LogP contribution in [0.4, 0.5) is 0 Å². The molecule has 0 saturated heterocycles. The monoisotopic (exact) mass is 198 g/mol. The average molecular weight is 198 g/mol. The molecule has 4 heteroatoms. The van der Waals surface area contributed by atoms with Crippen molar-refractivity contribution in [2.45, 2.75) is 27.7 Å². The van der Waals surface area contributed by atoms with Gasteiger partial charge >= 0.3 is 0 Å². The first-order valence-electron chi connectivity index (χ1n) is 5.14. The topological polar surface area (TPSA) is 53.1 Å². The summed E-state index contributed by atoms with van der Waals surface area (Å²) in [5, 5.41) is 2.93. The maximum absolute atomic E-state index is 3.85. The number of nitrogens with one attached hydrogen (secondary N) is 2. The molecule has 1 aliphatic rings. The number of aliphatic imine (C=N–C) groups is 1. The summed E-state index contributed by atoms with van der Waals surface area (Å²) in [7, 11) is 0. The second kappa shape index (κ2) is 17.7. The Morgan fingerprint density at radius 2 is 1.86 bits per heavy atom. The third-order valence-corrected chi connectivity index (χ3v) is 0.974. The molecule has 2 N–H and O–H groups in total. The van der Waals surface area contributed by atoms with E-state index < -0.39 is 0 Å². The summed E-state index contributed by atoms with van der Waals surface area (Å²) in [5.41, 5.74) is 0. The maximum atomic E-state index is 3.85. The normalized spacial score (nSPS) is 10.6. The lowest BCUT2D eigenvalue weighted by Gasteiger charge is -1.75. The molecule has 0 fully saturated rings. The van der Waals surface area contributed by atoms with Gasteiger partial charge in [0.25, 0.3) is 0 Å². The van der Waals surface area contributed by atoms with Crippen LogP contribution in [0.2, 0.25) is 0 Å². The van der Waals surface area contributed by atoms with E-state index in [0.717, 1.165) is 13.1 Å². The Bertz CT molecular complexity index is 147. The molecule has 0 unspecified atom stereocenters. The van der Waals surface area contributed by atoms with Crippen molar-refractivity contribution in [1.82, 2.24) is 15.3 Å². The Hall–Kier alpha value is -1.32. The van der Waals surface area contributed by atoms with Gasteiger partial charge in [0.2, 0.25) is 0 Å². The second-order valence-corrected chi connectivity index (χ2v) is 1.75.